The Morgan fingerprint density at radius 1 is 1.35 bits per heavy atom. The Labute approximate surface area is 104 Å². The molecule has 0 saturated heterocycles. The zero-order valence-corrected chi connectivity index (χ0v) is 11.3. The summed E-state index contributed by atoms with van der Waals surface area (Å²) in [5.74, 6) is 0. The van der Waals surface area contributed by atoms with Crippen molar-refractivity contribution in [1.82, 2.24) is 14.7 Å². The molecule has 0 aliphatic carbocycles. The molecule has 0 aromatic carbocycles. The van der Waals surface area contributed by atoms with Crippen molar-refractivity contribution >= 4 is 0 Å². The minimum atomic E-state index is 0.228. The van der Waals surface area contributed by atoms with Crippen LogP contribution in [0.15, 0.2) is 6.20 Å². The van der Waals surface area contributed by atoms with Crippen molar-refractivity contribution < 1.29 is 5.11 Å². The SMILES string of the molecule is CCCCCN(CCO)Cc1cnn(C)c1C. The van der Waals surface area contributed by atoms with Gasteiger partial charge < -0.3 is 5.11 Å². The molecular weight excluding hydrogens is 214 g/mol. The molecule has 98 valence electrons. The summed E-state index contributed by atoms with van der Waals surface area (Å²) < 4.78 is 1.90. The number of aromatic nitrogens is 2. The second kappa shape index (κ2) is 7.45. The first-order valence-electron chi connectivity index (χ1n) is 6.49. The van der Waals surface area contributed by atoms with Crippen LogP contribution in [0.5, 0.6) is 0 Å². The van der Waals surface area contributed by atoms with E-state index in [0.29, 0.717) is 0 Å². The molecule has 17 heavy (non-hydrogen) atoms. The smallest absolute Gasteiger partial charge is 0.0558 e. The normalized spacial score (nSPS) is 11.4. The molecule has 0 radical (unpaired) electrons. The zero-order valence-electron chi connectivity index (χ0n) is 11.3. The molecule has 1 heterocycles. The summed E-state index contributed by atoms with van der Waals surface area (Å²) in [6, 6.07) is 0. The number of aliphatic hydroxyl groups is 1. The van der Waals surface area contributed by atoms with Crippen molar-refractivity contribution in [3.63, 3.8) is 0 Å². The molecule has 0 aliphatic rings. The van der Waals surface area contributed by atoms with Gasteiger partial charge in [-0.3, -0.25) is 9.58 Å². The maximum atomic E-state index is 9.08. The largest absolute Gasteiger partial charge is 0.395 e. The van der Waals surface area contributed by atoms with Crippen LogP contribution >= 0.6 is 0 Å². The molecule has 0 atom stereocenters. The molecule has 0 saturated carbocycles. The molecule has 4 heteroatoms. The van der Waals surface area contributed by atoms with E-state index in [-0.39, 0.29) is 6.61 Å². The van der Waals surface area contributed by atoms with Crippen molar-refractivity contribution in [1.29, 1.82) is 0 Å². The third kappa shape index (κ3) is 4.48. The van der Waals surface area contributed by atoms with Crippen LogP contribution in [0.25, 0.3) is 0 Å². The second-order valence-electron chi connectivity index (χ2n) is 4.59. The Morgan fingerprint density at radius 2 is 2.12 bits per heavy atom. The maximum absolute atomic E-state index is 9.08. The Balaban J connectivity index is 2.50. The average molecular weight is 239 g/mol. The van der Waals surface area contributed by atoms with Gasteiger partial charge in [0.05, 0.1) is 12.8 Å². The lowest BCUT2D eigenvalue weighted by Gasteiger charge is -2.20. The van der Waals surface area contributed by atoms with Gasteiger partial charge in [-0.05, 0) is 19.9 Å². The monoisotopic (exact) mass is 239 g/mol. The van der Waals surface area contributed by atoms with Crippen LogP contribution in [-0.4, -0.2) is 39.5 Å². The molecule has 1 N–H and O–H groups in total. The molecule has 1 aromatic rings. The fourth-order valence-electron chi connectivity index (χ4n) is 1.94. The van der Waals surface area contributed by atoms with E-state index >= 15 is 0 Å². The molecule has 0 aliphatic heterocycles. The molecule has 1 aromatic heterocycles. The Bertz CT molecular complexity index is 322. The van der Waals surface area contributed by atoms with Gasteiger partial charge >= 0.3 is 0 Å². The number of hydrogen-bond donors (Lipinski definition) is 1. The molecule has 0 unspecified atom stereocenters. The summed E-state index contributed by atoms with van der Waals surface area (Å²) in [6.07, 6.45) is 5.63. The number of hydrogen-bond acceptors (Lipinski definition) is 3. The summed E-state index contributed by atoms with van der Waals surface area (Å²) in [5.41, 5.74) is 2.47. The van der Waals surface area contributed by atoms with Gasteiger partial charge in [-0.15, -0.1) is 0 Å². The van der Waals surface area contributed by atoms with Crippen LogP contribution in [0.2, 0.25) is 0 Å². The highest BCUT2D eigenvalue weighted by atomic mass is 16.3. The van der Waals surface area contributed by atoms with Gasteiger partial charge in [0.1, 0.15) is 0 Å². The van der Waals surface area contributed by atoms with Gasteiger partial charge in [0.2, 0.25) is 0 Å². The fourth-order valence-corrected chi connectivity index (χ4v) is 1.94. The van der Waals surface area contributed by atoms with E-state index in [1.54, 1.807) is 0 Å². The standard InChI is InChI=1S/C13H25N3O/c1-4-5-6-7-16(8-9-17)11-13-10-14-15(3)12(13)2/h10,17H,4-9,11H2,1-3H3. The molecule has 0 bridgehead atoms. The summed E-state index contributed by atoms with van der Waals surface area (Å²) in [7, 11) is 1.96. The van der Waals surface area contributed by atoms with E-state index in [9.17, 15) is 0 Å². The number of aryl methyl sites for hydroxylation is 1. The lowest BCUT2D eigenvalue weighted by Crippen LogP contribution is -2.27. The third-order valence-corrected chi connectivity index (χ3v) is 3.22. The Hall–Kier alpha value is -0.870. The van der Waals surface area contributed by atoms with E-state index < -0.39 is 0 Å². The summed E-state index contributed by atoms with van der Waals surface area (Å²) >= 11 is 0. The van der Waals surface area contributed by atoms with E-state index in [4.69, 9.17) is 5.11 Å². The van der Waals surface area contributed by atoms with Gasteiger partial charge in [-0.25, -0.2) is 0 Å². The minimum absolute atomic E-state index is 0.228. The average Bonchev–Trinajstić information content (AvgIpc) is 2.61. The van der Waals surface area contributed by atoms with Crippen molar-refractivity contribution in [2.24, 2.45) is 7.05 Å². The number of unbranched alkanes of at least 4 members (excludes halogenated alkanes) is 2. The number of aliphatic hydroxyl groups excluding tert-OH is 1. The maximum Gasteiger partial charge on any atom is 0.0558 e. The molecule has 4 nitrogen and oxygen atoms in total. The summed E-state index contributed by atoms with van der Waals surface area (Å²) in [6.45, 7) is 7.23. The summed E-state index contributed by atoms with van der Waals surface area (Å²) in [5, 5.41) is 13.3. The Morgan fingerprint density at radius 3 is 2.65 bits per heavy atom. The predicted molar refractivity (Wildman–Crippen MR) is 69.8 cm³/mol. The van der Waals surface area contributed by atoms with E-state index in [0.717, 1.165) is 19.6 Å². The van der Waals surface area contributed by atoms with Crippen LogP contribution in [0, 0.1) is 6.92 Å². The van der Waals surface area contributed by atoms with E-state index in [2.05, 4.69) is 23.8 Å². The zero-order chi connectivity index (χ0) is 12.7. The van der Waals surface area contributed by atoms with Gasteiger partial charge in [-0.2, -0.15) is 5.10 Å². The van der Waals surface area contributed by atoms with E-state index in [1.807, 2.05) is 17.9 Å². The van der Waals surface area contributed by atoms with Crippen LogP contribution in [0.4, 0.5) is 0 Å². The van der Waals surface area contributed by atoms with Crippen LogP contribution in [0.1, 0.15) is 37.4 Å². The summed E-state index contributed by atoms with van der Waals surface area (Å²) in [4.78, 5) is 2.31. The second-order valence-corrected chi connectivity index (χ2v) is 4.59. The van der Waals surface area contributed by atoms with Crippen molar-refractivity contribution in [2.45, 2.75) is 39.7 Å². The van der Waals surface area contributed by atoms with Gasteiger partial charge in [-0.1, -0.05) is 19.8 Å². The third-order valence-electron chi connectivity index (χ3n) is 3.22. The Kier molecular flexibility index (Phi) is 6.22. The van der Waals surface area contributed by atoms with Crippen molar-refractivity contribution in [2.75, 3.05) is 19.7 Å². The van der Waals surface area contributed by atoms with Gasteiger partial charge in [0.15, 0.2) is 0 Å². The minimum Gasteiger partial charge on any atom is -0.395 e. The fraction of sp³-hybridized carbons (Fsp3) is 0.769. The number of rotatable bonds is 8. The quantitative estimate of drug-likeness (QED) is 0.702. The number of nitrogens with zero attached hydrogens (tertiary/aromatic N) is 3. The van der Waals surface area contributed by atoms with Crippen molar-refractivity contribution in [3.8, 4) is 0 Å². The highest BCUT2D eigenvalue weighted by Crippen LogP contribution is 2.10. The van der Waals surface area contributed by atoms with Crippen molar-refractivity contribution in [3.05, 3.63) is 17.5 Å². The molecular formula is C13H25N3O. The molecule has 1 rings (SSSR count). The lowest BCUT2D eigenvalue weighted by molar-refractivity contribution is 0.187. The highest BCUT2D eigenvalue weighted by molar-refractivity contribution is 5.15. The molecule has 0 spiro atoms. The van der Waals surface area contributed by atoms with Gasteiger partial charge in [0, 0.05) is 31.4 Å². The molecule has 0 amide bonds. The van der Waals surface area contributed by atoms with Crippen LogP contribution in [0.3, 0.4) is 0 Å². The first-order chi connectivity index (χ1) is 8.19. The van der Waals surface area contributed by atoms with Crippen LogP contribution < -0.4 is 0 Å². The first-order valence-corrected chi connectivity index (χ1v) is 6.49. The predicted octanol–water partition coefficient (Wildman–Crippen LogP) is 1.71. The lowest BCUT2D eigenvalue weighted by atomic mass is 10.2. The van der Waals surface area contributed by atoms with Crippen LogP contribution in [-0.2, 0) is 13.6 Å². The highest BCUT2D eigenvalue weighted by Gasteiger charge is 2.09. The van der Waals surface area contributed by atoms with Gasteiger partial charge in [0.25, 0.3) is 0 Å². The topological polar surface area (TPSA) is 41.3 Å². The van der Waals surface area contributed by atoms with E-state index in [1.165, 1.54) is 30.5 Å². The molecule has 0 fully saturated rings. The first kappa shape index (κ1) is 14.2.